The molecule has 0 spiro atoms. The molecule has 2 aromatic rings. The number of rotatable bonds is 1. The van der Waals surface area contributed by atoms with Crippen molar-refractivity contribution < 1.29 is 14.7 Å². The minimum absolute atomic E-state index is 0.0984. The van der Waals surface area contributed by atoms with Gasteiger partial charge in [0.15, 0.2) is 5.78 Å². The average molecular weight is 270 g/mol. The van der Waals surface area contributed by atoms with Gasteiger partial charge in [0.2, 0.25) is 0 Å². The van der Waals surface area contributed by atoms with Gasteiger partial charge >= 0.3 is 5.97 Å². The van der Waals surface area contributed by atoms with E-state index in [1.54, 1.807) is 30.0 Å². The number of hydrogen-bond donors (Lipinski definition) is 1. The Balaban J connectivity index is 2.18. The predicted octanol–water partition coefficient (Wildman–Crippen LogP) is 3.22. The number of carboxylic acid groups (broad SMARTS) is 1. The molecule has 3 nitrogen and oxygen atoms in total. The molecule has 1 aliphatic heterocycles. The van der Waals surface area contributed by atoms with Crippen molar-refractivity contribution in [3.63, 3.8) is 0 Å². The van der Waals surface area contributed by atoms with Crippen molar-refractivity contribution >= 4 is 23.5 Å². The molecule has 0 unspecified atom stereocenters. The molecule has 0 fully saturated rings. The zero-order valence-electron chi connectivity index (χ0n) is 9.92. The van der Waals surface area contributed by atoms with E-state index in [1.807, 2.05) is 18.2 Å². The van der Waals surface area contributed by atoms with E-state index in [9.17, 15) is 9.59 Å². The zero-order chi connectivity index (χ0) is 13.4. The second-order valence-electron chi connectivity index (χ2n) is 4.29. The van der Waals surface area contributed by atoms with Crippen LogP contribution in [0.4, 0.5) is 0 Å². The van der Waals surface area contributed by atoms with Crippen LogP contribution >= 0.6 is 11.8 Å². The van der Waals surface area contributed by atoms with E-state index in [4.69, 9.17) is 5.11 Å². The van der Waals surface area contributed by atoms with Gasteiger partial charge in [-0.25, -0.2) is 4.79 Å². The normalized spacial score (nSPS) is 13.4. The van der Waals surface area contributed by atoms with Crippen LogP contribution in [0.25, 0.3) is 0 Å². The summed E-state index contributed by atoms with van der Waals surface area (Å²) in [5.74, 6) is -0.433. The third-order valence-electron chi connectivity index (χ3n) is 3.12. The highest BCUT2D eigenvalue weighted by Gasteiger charge is 2.22. The first-order valence-electron chi connectivity index (χ1n) is 5.79. The molecule has 1 heterocycles. The summed E-state index contributed by atoms with van der Waals surface area (Å²) in [6, 6.07) is 12.2. The van der Waals surface area contributed by atoms with Crippen molar-refractivity contribution in [2.45, 2.75) is 10.6 Å². The van der Waals surface area contributed by atoms with Crippen molar-refractivity contribution in [3.8, 4) is 0 Å². The van der Waals surface area contributed by atoms with Gasteiger partial charge in [-0.3, -0.25) is 4.79 Å². The molecule has 0 saturated heterocycles. The topological polar surface area (TPSA) is 54.4 Å². The number of carbonyl (C=O) groups is 2. The molecule has 19 heavy (non-hydrogen) atoms. The van der Waals surface area contributed by atoms with E-state index in [-0.39, 0.29) is 11.3 Å². The molecule has 4 heteroatoms. The first-order chi connectivity index (χ1) is 9.16. The van der Waals surface area contributed by atoms with Crippen molar-refractivity contribution in [1.29, 1.82) is 0 Å². The summed E-state index contributed by atoms with van der Waals surface area (Å²) in [6.45, 7) is 0. The monoisotopic (exact) mass is 270 g/mol. The summed E-state index contributed by atoms with van der Waals surface area (Å²) in [7, 11) is 0. The summed E-state index contributed by atoms with van der Waals surface area (Å²) in [5.41, 5.74) is 2.18. The molecule has 0 atom stereocenters. The summed E-state index contributed by atoms with van der Waals surface area (Å²) in [4.78, 5) is 24.4. The standard InChI is InChI=1S/C15H10O3S/c16-14-11-3-1-2-4-13(11)19-8-10-6-5-9(15(17)18)7-12(10)14/h1-7H,8H2,(H,17,18). The molecule has 1 aliphatic rings. The molecule has 0 radical (unpaired) electrons. The van der Waals surface area contributed by atoms with Crippen molar-refractivity contribution in [1.82, 2.24) is 0 Å². The van der Waals surface area contributed by atoms with Gasteiger partial charge < -0.3 is 5.11 Å². The van der Waals surface area contributed by atoms with Crippen molar-refractivity contribution in [2.75, 3.05) is 0 Å². The molecule has 3 rings (SSSR count). The number of carboxylic acids is 1. The van der Waals surface area contributed by atoms with Crippen LogP contribution in [0.15, 0.2) is 47.4 Å². The minimum atomic E-state index is -1.01. The number of ketones is 1. The Kier molecular flexibility index (Phi) is 2.87. The van der Waals surface area contributed by atoms with Gasteiger partial charge in [0.1, 0.15) is 0 Å². The Morgan fingerprint density at radius 2 is 1.89 bits per heavy atom. The lowest BCUT2D eigenvalue weighted by molar-refractivity contribution is 0.0697. The molecule has 0 bridgehead atoms. The molecular formula is C15H10O3S. The third-order valence-corrected chi connectivity index (χ3v) is 4.24. The largest absolute Gasteiger partial charge is 0.478 e. The van der Waals surface area contributed by atoms with E-state index in [2.05, 4.69) is 0 Å². The van der Waals surface area contributed by atoms with E-state index >= 15 is 0 Å². The van der Waals surface area contributed by atoms with Crippen LogP contribution in [-0.4, -0.2) is 16.9 Å². The number of fused-ring (bicyclic) bond motifs is 2. The number of carbonyl (C=O) groups excluding carboxylic acids is 1. The molecule has 94 valence electrons. The van der Waals surface area contributed by atoms with Crippen molar-refractivity contribution in [2.24, 2.45) is 0 Å². The summed E-state index contributed by atoms with van der Waals surface area (Å²) < 4.78 is 0. The lowest BCUT2D eigenvalue weighted by atomic mass is 9.97. The van der Waals surface area contributed by atoms with Crippen molar-refractivity contribution in [3.05, 3.63) is 64.7 Å². The van der Waals surface area contributed by atoms with E-state index in [0.717, 1.165) is 10.5 Å². The lowest BCUT2D eigenvalue weighted by Gasteiger charge is -2.05. The second kappa shape index (κ2) is 4.55. The van der Waals surface area contributed by atoms with Crippen LogP contribution in [0.3, 0.4) is 0 Å². The molecule has 0 aliphatic carbocycles. The number of hydrogen-bond acceptors (Lipinski definition) is 3. The second-order valence-corrected chi connectivity index (χ2v) is 5.31. The van der Waals surface area contributed by atoms with Crippen LogP contribution in [0.1, 0.15) is 31.8 Å². The number of thioether (sulfide) groups is 1. The highest BCUT2D eigenvalue weighted by molar-refractivity contribution is 7.98. The smallest absolute Gasteiger partial charge is 0.335 e. The van der Waals surface area contributed by atoms with Gasteiger partial charge in [0.05, 0.1) is 5.56 Å². The SMILES string of the molecule is O=C(O)c1ccc2c(c1)C(=O)c1ccccc1SC2. The highest BCUT2D eigenvalue weighted by atomic mass is 32.2. The molecular weight excluding hydrogens is 260 g/mol. The molecule has 0 aromatic heterocycles. The van der Waals surface area contributed by atoms with Gasteiger partial charge in [0, 0.05) is 21.8 Å². The Labute approximate surface area is 114 Å². The van der Waals surface area contributed by atoms with E-state index < -0.39 is 5.97 Å². The maximum Gasteiger partial charge on any atom is 0.335 e. The van der Waals surface area contributed by atoms with Gasteiger partial charge in [-0.2, -0.15) is 0 Å². The van der Waals surface area contributed by atoms with Gasteiger partial charge in [-0.1, -0.05) is 18.2 Å². The predicted molar refractivity (Wildman–Crippen MR) is 72.8 cm³/mol. The quantitative estimate of drug-likeness (QED) is 0.864. The van der Waals surface area contributed by atoms with Crippen LogP contribution in [0.2, 0.25) is 0 Å². The molecule has 0 saturated carbocycles. The Bertz CT molecular complexity index is 692. The maximum absolute atomic E-state index is 12.5. The van der Waals surface area contributed by atoms with Gasteiger partial charge in [-0.05, 0) is 29.8 Å². The van der Waals surface area contributed by atoms with Gasteiger partial charge in [0.25, 0.3) is 0 Å². The van der Waals surface area contributed by atoms with Crippen LogP contribution in [0, 0.1) is 0 Å². The Morgan fingerprint density at radius 3 is 2.68 bits per heavy atom. The summed E-state index contributed by atoms with van der Waals surface area (Å²) in [6.07, 6.45) is 0. The molecule has 2 aromatic carbocycles. The van der Waals surface area contributed by atoms with Crippen LogP contribution in [-0.2, 0) is 5.75 Å². The third kappa shape index (κ3) is 2.04. The molecule has 1 N–H and O–H groups in total. The van der Waals surface area contributed by atoms with Gasteiger partial charge in [-0.15, -0.1) is 11.8 Å². The summed E-state index contributed by atoms with van der Waals surface area (Å²) >= 11 is 1.60. The van der Waals surface area contributed by atoms with Crippen LogP contribution in [0.5, 0.6) is 0 Å². The van der Waals surface area contributed by atoms with Crippen LogP contribution < -0.4 is 0 Å². The highest BCUT2D eigenvalue weighted by Crippen LogP contribution is 2.33. The Morgan fingerprint density at radius 1 is 1.11 bits per heavy atom. The molecule has 0 amide bonds. The number of benzene rings is 2. The van der Waals surface area contributed by atoms with E-state index in [0.29, 0.717) is 16.9 Å². The fraction of sp³-hybridized carbons (Fsp3) is 0.0667. The number of aromatic carboxylic acids is 1. The zero-order valence-corrected chi connectivity index (χ0v) is 10.7. The first-order valence-corrected chi connectivity index (χ1v) is 6.78. The first kappa shape index (κ1) is 12.0. The minimum Gasteiger partial charge on any atom is -0.478 e. The maximum atomic E-state index is 12.5. The van der Waals surface area contributed by atoms with E-state index in [1.165, 1.54) is 6.07 Å². The fourth-order valence-corrected chi connectivity index (χ4v) is 3.18. The summed E-state index contributed by atoms with van der Waals surface area (Å²) in [5, 5.41) is 9.02. The Hall–Kier alpha value is -2.07. The lowest BCUT2D eigenvalue weighted by Crippen LogP contribution is -2.06. The average Bonchev–Trinajstić information content (AvgIpc) is 2.57. The fourth-order valence-electron chi connectivity index (χ4n) is 2.13.